The molecule has 41 heavy (non-hydrogen) atoms. The van der Waals surface area contributed by atoms with Crippen LogP contribution in [0.3, 0.4) is 0 Å². The van der Waals surface area contributed by atoms with Crippen LogP contribution in [-0.4, -0.2) is 75.5 Å². The van der Waals surface area contributed by atoms with E-state index in [0.29, 0.717) is 6.29 Å². The summed E-state index contributed by atoms with van der Waals surface area (Å²) in [7, 11) is 0. The number of hydrogen-bond donors (Lipinski definition) is 1. The largest absolute Gasteiger partial charge is 0.369 e. The van der Waals surface area contributed by atoms with Gasteiger partial charge in [0.1, 0.15) is 12.1 Å². The fourth-order valence-corrected chi connectivity index (χ4v) is 4.25. The third-order valence-electron chi connectivity index (χ3n) is 6.12. The second-order valence-electron chi connectivity index (χ2n) is 8.98. The highest BCUT2D eigenvalue weighted by Crippen LogP contribution is 2.18. The zero-order valence-corrected chi connectivity index (χ0v) is 23.9. The minimum Gasteiger partial charge on any atom is -0.369 e. The monoisotopic (exact) mass is 621 g/mol. The molecular formula is C28H36BrN11O. The number of rotatable bonds is 3. The van der Waals surface area contributed by atoms with Crippen molar-refractivity contribution in [3.8, 4) is 12.1 Å². The van der Waals surface area contributed by atoms with Gasteiger partial charge in [-0.1, -0.05) is 7.43 Å². The molecule has 0 radical (unpaired) electrons. The van der Waals surface area contributed by atoms with Crippen LogP contribution < -0.4 is 15.1 Å². The molecule has 13 heteroatoms. The van der Waals surface area contributed by atoms with Crippen LogP contribution in [0, 0.1) is 22.7 Å². The number of nitrogens with one attached hydrogen (secondary N) is 1. The van der Waals surface area contributed by atoms with Crippen molar-refractivity contribution >= 4 is 33.6 Å². The van der Waals surface area contributed by atoms with Crippen molar-refractivity contribution in [2.75, 3.05) is 49.1 Å². The highest BCUT2D eigenvalue weighted by molar-refractivity contribution is 9.10. The lowest BCUT2D eigenvalue weighted by atomic mass is 10.4. The molecular weight excluding hydrogens is 586 g/mol. The van der Waals surface area contributed by atoms with Crippen molar-refractivity contribution in [1.82, 2.24) is 35.2 Å². The molecule has 12 nitrogen and oxygen atoms in total. The van der Waals surface area contributed by atoms with Crippen molar-refractivity contribution in [2.45, 2.75) is 46.0 Å². The van der Waals surface area contributed by atoms with Gasteiger partial charge in [-0.15, -0.1) is 0 Å². The Kier molecular flexibility index (Phi) is 15.4. The summed E-state index contributed by atoms with van der Waals surface area (Å²) in [6, 6.07) is 3.72. The third kappa shape index (κ3) is 11.9. The van der Waals surface area contributed by atoms with Crippen LogP contribution in [-0.2, 0) is 0 Å². The molecule has 6 rings (SSSR count). The molecule has 3 aliphatic heterocycles. The maximum Gasteiger partial charge on any atom is 0.232 e. The number of halogens is 1. The zero-order chi connectivity index (χ0) is 28.4. The molecule has 0 bridgehead atoms. The molecule has 0 amide bonds. The number of aromatic nitrogens is 6. The average molecular weight is 623 g/mol. The van der Waals surface area contributed by atoms with Gasteiger partial charge < -0.3 is 15.1 Å². The number of anilines is 2. The van der Waals surface area contributed by atoms with E-state index in [1.807, 2.05) is 12.1 Å². The molecule has 0 atom stereocenters. The van der Waals surface area contributed by atoms with E-state index in [1.54, 1.807) is 24.8 Å². The van der Waals surface area contributed by atoms with Crippen LogP contribution in [0.1, 0.15) is 68.2 Å². The van der Waals surface area contributed by atoms with Gasteiger partial charge in [-0.25, -0.2) is 29.9 Å². The molecule has 216 valence electrons. The lowest BCUT2D eigenvalue weighted by Crippen LogP contribution is -2.18. The van der Waals surface area contributed by atoms with Gasteiger partial charge in [-0.2, -0.15) is 10.5 Å². The minimum absolute atomic E-state index is 0. The fraction of sp³-hybridized carbons (Fsp3) is 0.464. The summed E-state index contributed by atoms with van der Waals surface area (Å²) in [6.45, 7) is 6.80. The second-order valence-corrected chi connectivity index (χ2v) is 9.89. The van der Waals surface area contributed by atoms with Gasteiger partial charge in [0.2, 0.25) is 11.6 Å². The molecule has 3 aliphatic rings. The minimum atomic E-state index is 0. The Morgan fingerprint density at radius 1 is 0.683 bits per heavy atom. The number of carbonyl (C=O) groups excluding carboxylic acids is 1. The van der Waals surface area contributed by atoms with Gasteiger partial charge >= 0.3 is 0 Å². The first-order valence-electron chi connectivity index (χ1n) is 13.2. The van der Waals surface area contributed by atoms with Crippen molar-refractivity contribution in [2.24, 2.45) is 0 Å². The summed E-state index contributed by atoms with van der Waals surface area (Å²) in [5.74, 6) is 0.684. The molecule has 0 saturated carbocycles. The van der Waals surface area contributed by atoms with Crippen LogP contribution in [0.5, 0.6) is 0 Å². The summed E-state index contributed by atoms with van der Waals surface area (Å²) >= 11 is 3.14. The van der Waals surface area contributed by atoms with Gasteiger partial charge in [0.05, 0.1) is 40.6 Å². The van der Waals surface area contributed by atoms with E-state index in [4.69, 9.17) is 10.5 Å². The van der Waals surface area contributed by atoms with Crippen molar-refractivity contribution in [1.29, 1.82) is 10.5 Å². The predicted molar refractivity (Wildman–Crippen MR) is 160 cm³/mol. The van der Waals surface area contributed by atoms with E-state index in [2.05, 4.69) is 61.0 Å². The Morgan fingerprint density at radius 3 is 1.41 bits per heavy atom. The summed E-state index contributed by atoms with van der Waals surface area (Å²) in [5, 5.41) is 20.0. The van der Waals surface area contributed by atoms with E-state index in [-0.39, 0.29) is 24.9 Å². The lowest BCUT2D eigenvalue weighted by Gasteiger charge is -2.15. The summed E-state index contributed by atoms with van der Waals surface area (Å²) < 4.78 is 0.779. The highest BCUT2D eigenvalue weighted by atomic mass is 79.9. The number of nitrogens with zero attached hydrogens (tertiary/aromatic N) is 10. The van der Waals surface area contributed by atoms with E-state index < -0.39 is 0 Å². The maximum atomic E-state index is 10.3. The number of carbonyl (C=O) groups is 1. The Labute approximate surface area is 250 Å². The molecule has 0 spiro atoms. The number of aldehydes is 1. The van der Waals surface area contributed by atoms with Crippen LogP contribution in [0.4, 0.5) is 11.4 Å². The van der Waals surface area contributed by atoms with Gasteiger partial charge in [-0.3, -0.25) is 4.79 Å². The van der Waals surface area contributed by atoms with Crippen LogP contribution in [0.15, 0.2) is 41.7 Å². The van der Waals surface area contributed by atoms with E-state index in [9.17, 15) is 4.79 Å². The first-order valence-corrected chi connectivity index (χ1v) is 14.0. The topological polar surface area (TPSA) is 160 Å². The number of hydrogen-bond acceptors (Lipinski definition) is 12. The molecule has 3 fully saturated rings. The predicted octanol–water partition coefficient (Wildman–Crippen LogP) is 3.95. The Balaban J connectivity index is 0.000000199. The first kappa shape index (κ1) is 33.1. The zero-order valence-electron chi connectivity index (χ0n) is 22.3. The van der Waals surface area contributed by atoms with Gasteiger partial charge in [-0.05, 0) is 67.5 Å². The van der Waals surface area contributed by atoms with Crippen LogP contribution in [0.25, 0.3) is 0 Å². The molecule has 3 aromatic heterocycles. The molecule has 0 unspecified atom stereocenters. The SMILES string of the molecule is C.C1CCNC1.N#Cc1ncc(Br)cn1.N#Cc1ncc(N2CCCC2)cn1.O=Cc1ncc(N2CCCC2)cn1. The quantitative estimate of drug-likeness (QED) is 0.420. The highest BCUT2D eigenvalue weighted by Gasteiger charge is 2.13. The molecule has 6 heterocycles. The maximum absolute atomic E-state index is 10.3. The van der Waals surface area contributed by atoms with Crippen molar-refractivity contribution in [3.63, 3.8) is 0 Å². The number of nitriles is 2. The van der Waals surface area contributed by atoms with E-state index in [1.165, 1.54) is 64.0 Å². The average Bonchev–Trinajstić information content (AvgIpc) is 3.84. The Bertz CT molecular complexity index is 1220. The molecule has 0 aromatic carbocycles. The lowest BCUT2D eigenvalue weighted by molar-refractivity contribution is 0.111. The van der Waals surface area contributed by atoms with Crippen molar-refractivity contribution < 1.29 is 4.79 Å². The summed E-state index contributed by atoms with van der Waals surface area (Å²) in [4.78, 5) is 37.8. The van der Waals surface area contributed by atoms with Gasteiger partial charge in [0.15, 0.2) is 12.1 Å². The molecule has 3 aromatic rings. The van der Waals surface area contributed by atoms with E-state index in [0.717, 1.165) is 42.0 Å². The normalized spacial score (nSPS) is 14.9. The molecule has 3 saturated heterocycles. The molecule has 1 N–H and O–H groups in total. The van der Waals surface area contributed by atoms with E-state index >= 15 is 0 Å². The summed E-state index contributed by atoms with van der Waals surface area (Å²) in [5.41, 5.74) is 2.04. The first-order chi connectivity index (χ1) is 19.6. The smallest absolute Gasteiger partial charge is 0.232 e. The Morgan fingerprint density at radius 2 is 1.07 bits per heavy atom. The summed E-state index contributed by atoms with van der Waals surface area (Å²) in [6.07, 6.45) is 18.3. The van der Waals surface area contributed by atoms with Gasteiger partial charge in [0.25, 0.3) is 0 Å². The molecule has 0 aliphatic carbocycles. The second kappa shape index (κ2) is 19.1. The van der Waals surface area contributed by atoms with Gasteiger partial charge in [0, 0.05) is 38.6 Å². The van der Waals surface area contributed by atoms with Crippen molar-refractivity contribution in [3.05, 3.63) is 59.1 Å². The van der Waals surface area contributed by atoms with Crippen LogP contribution in [0.2, 0.25) is 0 Å². The standard InChI is InChI=1S/C9H10N4.C9H11N3O.C5H2BrN3.C4H9N.CH4/c10-5-9-11-6-8(7-12-9)13-3-1-2-4-13;13-7-9-10-5-8(6-11-9)12-3-1-2-4-12;6-4-2-8-5(1-7)9-3-4;1-2-4-5-3-1;/h6-7H,1-4H2;5-7H,1-4H2;2-3H;5H,1-4H2;1H4. The fourth-order valence-electron chi connectivity index (χ4n) is 4.04. The Hall–Kier alpha value is -4.07. The third-order valence-corrected chi connectivity index (χ3v) is 6.53. The van der Waals surface area contributed by atoms with Crippen LogP contribution >= 0.6 is 15.9 Å².